The number of methoxy groups -OCH3 is 1. The van der Waals surface area contributed by atoms with Crippen LogP contribution in [0.1, 0.15) is 32.6 Å². The molecule has 150 valence electrons. The highest BCUT2D eigenvalue weighted by molar-refractivity contribution is 14.0. The Kier molecular flexibility index (Phi) is 13.0. The number of sulfone groups is 1. The van der Waals surface area contributed by atoms with Gasteiger partial charge in [0.2, 0.25) is 0 Å². The van der Waals surface area contributed by atoms with Crippen LogP contribution in [0.15, 0.2) is 4.99 Å². The fourth-order valence-corrected chi connectivity index (χ4v) is 3.05. The summed E-state index contributed by atoms with van der Waals surface area (Å²) in [6.45, 7) is 5.70. The minimum atomic E-state index is -2.96. The third kappa shape index (κ3) is 11.2. The SMILES string of the molecule is CCNC(=NCC1(CCOC)CCC1)NCCOCCS(C)(=O)=O.I. The van der Waals surface area contributed by atoms with Gasteiger partial charge in [0.05, 0.1) is 19.0 Å². The van der Waals surface area contributed by atoms with Gasteiger partial charge in [0, 0.05) is 39.6 Å². The van der Waals surface area contributed by atoms with Gasteiger partial charge in [0.1, 0.15) is 9.84 Å². The van der Waals surface area contributed by atoms with Crippen molar-refractivity contribution in [2.75, 3.05) is 58.6 Å². The van der Waals surface area contributed by atoms with Gasteiger partial charge < -0.3 is 20.1 Å². The second-order valence-electron chi connectivity index (χ2n) is 6.46. The molecule has 0 spiro atoms. The minimum Gasteiger partial charge on any atom is -0.385 e. The lowest BCUT2D eigenvalue weighted by atomic mass is 9.67. The summed E-state index contributed by atoms with van der Waals surface area (Å²) in [5, 5.41) is 6.46. The van der Waals surface area contributed by atoms with E-state index >= 15 is 0 Å². The average molecular weight is 491 g/mol. The molecule has 9 heteroatoms. The van der Waals surface area contributed by atoms with Crippen molar-refractivity contribution in [2.24, 2.45) is 10.4 Å². The number of aliphatic imine (C=N–C) groups is 1. The van der Waals surface area contributed by atoms with Gasteiger partial charge in [-0.2, -0.15) is 0 Å². The van der Waals surface area contributed by atoms with E-state index in [0.717, 1.165) is 32.1 Å². The van der Waals surface area contributed by atoms with Crippen LogP contribution in [0, 0.1) is 5.41 Å². The Morgan fingerprint density at radius 2 is 1.92 bits per heavy atom. The van der Waals surface area contributed by atoms with E-state index in [0.29, 0.717) is 18.6 Å². The van der Waals surface area contributed by atoms with Gasteiger partial charge in [-0.25, -0.2) is 8.42 Å². The maximum atomic E-state index is 11.0. The van der Waals surface area contributed by atoms with E-state index in [9.17, 15) is 8.42 Å². The zero-order valence-corrected chi connectivity index (χ0v) is 18.8. The normalized spacial score (nSPS) is 16.7. The molecule has 1 saturated carbocycles. The number of guanidine groups is 1. The molecule has 0 aliphatic heterocycles. The van der Waals surface area contributed by atoms with Crippen LogP contribution in [-0.2, 0) is 19.3 Å². The summed E-state index contributed by atoms with van der Waals surface area (Å²) in [7, 11) is -1.22. The zero-order chi connectivity index (χ0) is 17.9. The van der Waals surface area contributed by atoms with E-state index in [1.165, 1.54) is 25.5 Å². The number of hydrogen-bond acceptors (Lipinski definition) is 5. The molecule has 2 N–H and O–H groups in total. The van der Waals surface area contributed by atoms with Crippen LogP contribution >= 0.6 is 24.0 Å². The standard InChI is InChI=1S/C16H33N3O4S.HI/c1-4-17-15(18-9-11-23-12-13-24(3,20)21)19-14-16(6-5-7-16)8-10-22-2;/h4-14H2,1-3H3,(H2,17,18,19);1H. The minimum absolute atomic E-state index is 0. The van der Waals surface area contributed by atoms with Crippen LogP contribution in [0.2, 0.25) is 0 Å². The van der Waals surface area contributed by atoms with Crippen molar-refractivity contribution in [2.45, 2.75) is 32.6 Å². The first kappa shape index (κ1) is 24.9. The Morgan fingerprint density at radius 3 is 2.44 bits per heavy atom. The summed E-state index contributed by atoms with van der Waals surface area (Å²) in [5.74, 6) is 0.844. The van der Waals surface area contributed by atoms with Crippen molar-refractivity contribution in [3.05, 3.63) is 0 Å². The molecule has 7 nitrogen and oxygen atoms in total. The molecular formula is C16H34IN3O4S. The summed E-state index contributed by atoms with van der Waals surface area (Å²) >= 11 is 0. The summed E-state index contributed by atoms with van der Waals surface area (Å²) in [6.07, 6.45) is 5.98. The molecule has 0 aromatic rings. The Balaban J connectivity index is 0.00000576. The second kappa shape index (κ2) is 13.1. The van der Waals surface area contributed by atoms with Crippen molar-refractivity contribution in [1.29, 1.82) is 0 Å². The number of hydrogen-bond donors (Lipinski definition) is 2. The fraction of sp³-hybridized carbons (Fsp3) is 0.938. The lowest BCUT2D eigenvalue weighted by molar-refractivity contribution is 0.0778. The first-order valence-electron chi connectivity index (χ1n) is 8.67. The largest absolute Gasteiger partial charge is 0.385 e. The number of nitrogens with one attached hydrogen (secondary N) is 2. The molecule has 0 aromatic heterocycles. The predicted octanol–water partition coefficient (Wildman–Crippen LogP) is 1.43. The lowest BCUT2D eigenvalue weighted by Gasteiger charge is -2.40. The molecule has 1 rings (SSSR count). The van der Waals surface area contributed by atoms with Crippen LogP contribution in [0.5, 0.6) is 0 Å². The summed E-state index contributed by atoms with van der Waals surface area (Å²) < 4.78 is 32.6. The van der Waals surface area contributed by atoms with Crippen molar-refractivity contribution in [3.63, 3.8) is 0 Å². The molecule has 0 amide bonds. The van der Waals surface area contributed by atoms with Gasteiger partial charge in [-0.05, 0) is 31.6 Å². The monoisotopic (exact) mass is 491 g/mol. The van der Waals surface area contributed by atoms with Gasteiger partial charge >= 0.3 is 0 Å². The summed E-state index contributed by atoms with van der Waals surface area (Å²) in [5.41, 5.74) is 0.296. The highest BCUT2D eigenvalue weighted by atomic mass is 127. The summed E-state index contributed by atoms with van der Waals surface area (Å²) in [6, 6.07) is 0. The highest BCUT2D eigenvalue weighted by Crippen LogP contribution is 2.44. The average Bonchev–Trinajstić information content (AvgIpc) is 2.48. The van der Waals surface area contributed by atoms with E-state index in [1.807, 2.05) is 6.92 Å². The van der Waals surface area contributed by atoms with Crippen molar-refractivity contribution in [1.82, 2.24) is 10.6 Å². The molecule has 0 atom stereocenters. The summed E-state index contributed by atoms with van der Waals surface area (Å²) in [4.78, 5) is 4.71. The van der Waals surface area contributed by atoms with Gasteiger partial charge in [-0.1, -0.05) is 6.42 Å². The zero-order valence-electron chi connectivity index (χ0n) is 15.7. The van der Waals surface area contributed by atoms with Gasteiger partial charge in [-0.15, -0.1) is 24.0 Å². The van der Waals surface area contributed by atoms with Gasteiger partial charge in [-0.3, -0.25) is 4.99 Å². The topological polar surface area (TPSA) is 89.0 Å². The van der Waals surface area contributed by atoms with Crippen molar-refractivity contribution in [3.8, 4) is 0 Å². The lowest BCUT2D eigenvalue weighted by Crippen LogP contribution is -2.41. The smallest absolute Gasteiger partial charge is 0.191 e. The van der Waals surface area contributed by atoms with Crippen LogP contribution in [0.4, 0.5) is 0 Å². The second-order valence-corrected chi connectivity index (χ2v) is 8.72. The number of nitrogens with zero attached hydrogens (tertiary/aromatic N) is 1. The van der Waals surface area contributed by atoms with E-state index in [-0.39, 0.29) is 36.3 Å². The van der Waals surface area contributed by atoms with E-state index in [1.54, 1.807) is 7.11 Å². The highest BCUT2D eigenvalue weighted by Gasteiger charge is 2.36. The Labute approximate surface area is 169 Å². The van der Waals surface area contributed by atoms with Crippen LogP contribution < -0.4 is 10.6 Å². The van der Waals surface area contributed by atoms with E-state index in [2.05, 4.69) is 10.6 Å². The van der Waals surface area contributed by atoms with Gasteiger partial charge in [0.15, 0.2) is 5.96 Å². The van der Waals surface area contributed by atoms with E-state index in [4.69, 9.17) is 14.5 Å². The van der Waals surface area contributed by atoms with Crippen molar-refractivity contribution < 1.29 is 17.9 Å². The molecule has 0 saturated heterocycles. The molecule has 0 radical (unpaired) electrons. The third-order valence-corrected chi connectivity index (χ3v) is 5.21. The fourth-order valence-electron chi connectivity index (χ4n) is 2.62. The molecule has 25 heavy (non-hydrogen) atoms. The Bertz CT molecular complexity index is 482. The van der Waals surface area contributed by atoms with Crippen LogP contribution in [-0.4, -0.2) is 73.0 Å². The molecule has 1 fully saturated rings. The Hall–Kier alpha value is -0.130. The molecule has 0 bridgehead atoms. The maximum absolute atomic E-state index is 11.0. The van der Waals surface area contributed by atoms with E-state index < -0.39 is 9.84 Å². The molecule has 0 heterocycles. The van der Waals surface area contributed by atoms with Crippen LogP contribution in [0.3, 0.4) is 0 Å². The first-order valence-corrected chi connectivity index (χ1v) is 10.7. The quantitative estimate of drug-likeness (QED) is 0.186. The molecule has 1 aliphatic rings. The van der Waals surface area contributed by atoms with Gasteiger partial charge in [0.25, 0.3) is 0 Å². The first-order chi connectivity index (χ1) is 11.4. The molecule has 0 aromatic carbocycles. The third-order valence-electron chi connectivity index (χ3n) is 4.30. The molecular weight excluding hydrogens is 457 g/mol. The number of ether oxygens (including phenoxy) is 2. The van der Waals surface area contributed by atoms with Crippen LogP contribution in [0.25, 0.3) is 0 Å². The predicted molar refractivity (Wildman–Crippen MR) is 113 cm³/mol. The molecule has 0 unspecified atom stereocenters. The molecule has 1 aliphatic carbocycles. The number of rotatable bonds is 12. The van der Waals surface area contributed by atoms with Crippen molar-refractivity contribution >= 4 is 39.8 Å². The Morgan fingerprint density at radius 1 is 1.20 bits per heavy atom. The number of halogens is 1. The maximum Gasteiger partial charge on any atom is 0.191 e.